The van der Waals surface area contributed by atoms with Crippen molar-refractivity contribution in [2.75, 3.05) is 11.1 Å². The molecule has 6 nitrogen and oxygen atoms in total. The Balaban J connectivity index is 0.00000243. The normalized spacial score (nSPS) is 10.6. The zero-order chi connectivity index (χ0) is 18.1. The third-order valence-corrected chi connectivity index (χ3v) is 5.31. The minimum absolute atomic E-state index is 0. The van der Waals surface area contributed by atoms with Crippen molar-refractivity contribution in [3.63, 3.8) is 0 Å². The smallest absolute Gasteiger partial charge is 0.259 e. The van der Waals surface area contributed by atoms with Crippen molar-refractivity contribution in [3.8, 4) is 0 Å². The SMILES string of the molecule is Cc1ccc(N)cc1NC(=O)CCc1nc2sc(C)c(C)c2c(=O)[nH]1.Cl. The second kappa shape index (κ2) is 7.88. The molecule has 0 atom stereocenters. The van der Waals surface area contributed by atoms with Crippen molar-refractivity contribution in [3.05, 3.63) is 50.4 Å². The van der Waals surface area contributed by atoms with E-state index in [-0.39, 0.29) is 30.3 Å². The Kier molecular flexibility index (Phi) is 6.05. The molecule has 3 rings (SSSR count). The quantitative estimate of drug-likeness (QED) is 0.591. The summed E-state index contributed by atoms with van der Waals surface area (Å²) in [6.45, 7) is 5.80. The van der Waals surface area contributed by atoms with Crippen LogP contribution in [0.4, 0.5) is 11.4 Å². The molecule has 1 amide bonds. The van der Waals surface area contributed by atoms with Crippen LogP contribution in [0.2, 0.25) is 0 Å². The monoisotopic (exact) mass is 392 g/mol. The summed E-state index contributed by atoms with van der Waals surface area (Å²) in [7, 11) is 0. The minimum Gasteiger partial charge on any atom is -0.399 e. The maximum atomic E-state index is 12.2. The number of nitrogens with zero attached hydrogens (tertiary/aromatic N) is 1. The van der Waals surface area contributed by atoms with E-state index in [4.69, 9.17) is 5.73 Å². The number of nitrogens with one attached hydrogen (secondary N) is 2. The van der Waals surface area contributed by atoms with Crippen LogP contribution in [0, 0.1) is 20.8 Å². The van der Waals surface area contributed by atoms with Crippen molar-refractivity contribution in [2.24, 2.45) is 0 Å². The molecule has 0 saturated heterocycles. The molecule has 138 valence electrons. The Hall–Kier alpha value is -2.38. The Labute approximate surface area is 161 Å². The van der Waals surface area contributed by atoms with Crippen LogP contribution in [-0.2, 0) is 11.2 Å². The van der Waals surface area contributed by atoms with Gasteiger partial charge in [-0.05, 0) is 44.0 Å². The number of hydrogen-bond donors (Lipinski definition) is 3. The van der Waals surface area contributed by atoms with Gasteiger partial charge < -0.3 is 16.0 Å². The predicted molar refractivity (Wildman–Crippen MR) is 110 cm³/mol. The van der Waals surface area contributed by atoms with Gasteiger partial charge in [-0.25, -0.2) is 4.98 Å². The molecule has 0 radical (unpaired) electrons. The number of nitrogen functional groups attached to an aromatic ring is 1. The molecular weight excluding hydrogens is 372 g/mol. The Bertz CT molecular complexity index is 1030. The van der Waals surface area contributed by atoms with Gasteiger partial charge in [-0.3, -0.25) is 9.59 Å². The summed E-state index contributed by atoms with van der Waals surface area (Å²) in [6.07, 6.45) is 0.598. The number of fused-ring (bicyclic) bond motifs is 1. The van der Waals surface area contributed by atoms with Crippen LogP contribution in [0.1, 0.15) is 28.2 Å². The van der Waals surface area contributed by atoms with E-state index in [1.165, 1.54) is 11.3 Å². The van der Waals surface area contributed by atoms with E-state index < -0.39 is 0 Å². The van der Waals surface area contributed by atoms with Crippen molar-refractivity contribution in [1.29, 1.82) is 0 Å². The number of H-pyrrole nitrogens is 1. The molecule has 0 fully saturated rings. The number of carbonyl (C=O) groups excluding carboxylic acids is 1. The molecule has 3 aromatic rings. The van der Waals surface area contributed by atoms with Crippen LogP contribution in [0.3, 0.4) is 0 Å². The van der Waals surface area contributed by atoms with Gasteiger partial charge >= 0.3 is 0 Å². The average molecular weight is 393 g/mol. The number of halogens is 1. The van der Waals surface area contributed by atoms with Crippen LogP contribution in [-0.4, -0.2) is 15.9 Å². The van der Waals surface area contributed by atoms with E-state index in [0.717, 1.165) is 20.8 Å². The van der Waals surface area contributed by atoms with E-state index in [1.54, 1.807) is 12.1 Å². The molecule has 8 heteroatoms. The molecule has 26 heavy (non-hydrogen) atoms. The van der Waals surface area contributed by atoms with Gasteiger partial charge in [0, 0.05) is 29.1 Å². The number of rotatable bonds is 4. The molecule has 0 aliphatic carbocycles. The first kappa shape index (κ1) is 19.9. The third kappa shape index (κ3) is 4.05. The van der Waals surface area contributed by atoms with Gasteiger partial charge in [0.1, 0.15) is 10.7 Å². The lowest BCUT2D eigenvalue weighted by Crippen LogP contribution is -2.16. The first-order valence-electron chi connectivity index (χ1n) is 8.00. The minimum atomic E-state index is -0.145. The van der Waals surface area contributed by atoms with Crippen molar-refractivity contribution < 1.29 is 4.79 Å². The molecular formula is C18H21ClN4O2S. The molecule has 1 aromatic carbocycles. The first-order chi connectivity index (χ1) is 11.8. The van der Waals surface area contributed by atoms with E-state index in [2.05, 4.69) is 15.3 Å². The van der Waals surface area contributed by atoms with Gasteiger partial charge in [0.25, 0.3) is 5.56 Å². The summed E-state index contributed by atoms with van der Waals surface area (Å²) in [5.74, 6) is 0.383. The number of thiophene rings is 1. The molecule has 0 unspecified atom stereocenters. The van der Waals surface area contributed by atoms with Crippen molar-refractivity contribution in [1.82, 2.24) is 9.97 Å². The topological polar surface area (TPSA) is 101 Å². The number of anilines is 2. The van der Waals surface area contributed by atoms with E-state index in [0.29, 0.717) is 29.0 Å². The van der Waals surface area contributed by atoms with E-state index in [9.17, 15) is 9.59 Å². The highest BCUT2D eigenvalue weighted by atomic mass is 35.5. The highest BCUT2D eigenvalue weighted by molar-refractivity contribution is 7.18. The van der Waals surface area contributed by atoms with Gasteiger partial charge in [-0.2, -0.15) is 0 Å². The van der Waals surface area contributed by atoms with Gasteiger partial charge in [0.15, 0.2) is 0 Å². The fourth-order valence-electron chi connectivity index (χ4n) is 2.64. The van der Waals surface area contributed by atoms with Crippen molar-refractivity contribution in [2.45, 2.75) is 33.6 Å². The lowest BCUT2D eigenvalue weighted by Gasteiger charge is -2.09. The number of aromatic nitrogens is 2. The number of amides is 1. The summed E-state index contributed by atoms with van der Waals surface area (Å²) < 4.78 is 0. The highest BCUT2D eigenvalue weighted by Crippen LogP contribution is 2.25. The maximum Gasteiger partial charge on any atom is 0.259 e. The average Bonchev–Trinajstić information content (AvgIpc) is 2.84. The lowest BCUT2D eigenvalue weighted by molar-refractivity contribution is -0.116. The third-order valence-electron chi connectivity index (χ3n) is 4.21. The van der Waals surface area contributed by atoms with Crippen LogP contribution >= 0.6 is 23.7 Å². The molecule has 0 saturated carbocycles. The second-order valence-corrected chi connectivity index (χ2v) is 7.30. The summed E-state index contributed by atoms with van der Waals surface area (Å²) in [4.78, 5) is 33.5. The maximum absolute atomic E-state index is 12.2. The summed E-state index contributed by atoms with van der Waals surface area (Å²) in [5, 5.41) is 3.49. The fraction of sp³-hybridized carbons (Fsp3) is 0.278. The van der Waals surface area contributed by atoms with Crippen LogP contribution in [0.25, 0.3) is 10.2 Å². The van der Waals surface area contributed by atoms with Crippen LogP contribution in [0.15, 0.2) is 23.0 Å². The van der Waals surface area contributed by atoms with Crippen LogP contribution < -0.4 is 16.6 Å². The molecule has 0 aliphatic rings. The Morgan fingerprint density at radius 3 is 2.77 bits per heavy atom. The summed E-state index contributed by atoms with van der Waals surface area (Å²) in [5.41, 5.74) is 8.82. The molecule has 2 heterocycles. The predicted octanol–water partition coefficient (Wildman–Crippen LogP) is 3.49. The number of nitrogens with two attached hydrogens (primary N) is 1. The first-order valence-corrected chi connectivity index (χ1v) is 8.81. The van der Waals surface area contributed by atoms with Gasteiger partial charge in [0.2, 0.25) is 5.91 Å². The van der Waals surface area contributed by atoms with Gasteiger partial charge in [-0.1, -0.05) is 6.07 Å². The Morgan fingerprint density at radius 2 is 2.04 bits per heavy atom. The molecule has 0 aliphatic heterocycles. The highest BCUT2D eigenvalue weighted by Gasteiger charge is 2.13. The lowest BCUT2D eigenvalue weighted by atomic mass is 10.1. The standard InChI is InChI=1S/C18H20N4O2S.ClH/c1-9-4-5-12(19)8-13(9)20-15(23)7-6-14-21-17(24)16-10(2)11(3)25-18(16)22-14;/h4-5,8H,6-7,19H2,1-3H3,(H,20,23)(H,21,22,24);1H. The number of benzene rings is 1. The van der Waals surface area contributed by atoms with Gasteiger partial charge in [0.05, 0.1) is 5.39 Å². The fourth-order valence-corrected chi connectivity index (χ4v) is 3.69. The Morgan fingerprint density at radius 1 is 1.31 bits per heavy atom. The number of aryl methyl sites for hydroxylation is 4. The zero-order valence-corrected chi connectivity index (χ0v) is 16.4. The molecule has 0 spiro atoms. The number of carbonyl (C=O) groups is 1. The number of hydrogen-bond acceptors (Lipinski definition) is 5. The summed E-state index contributed by atoms with van der Waals surface area (Å²) >= 11 is 1.50. The van der Waals surface area contributed by atoms with E-state index in [1.807, 2.05) is 26.8 Å². The summed E-state index contributed by atoms with van der Waals surface area (Å²) in [6, 6.07) is 5.38. The molecule has 4 N–H and O–H groups in total. The molecule has 0 bridgehead atoms. The molecule has 2 aromatic heterocycles. The number of aromatic amines is 1. The van der Waals surface area contributed by atoms with Crippen LogP contribution in [0.5, 0.6) is 0 Å². The van der Waals surface area contributed by atoms with Gasteiger partial charge in [-0.15, -0.1) is 23.7 Å². The van der Waals surface area contributed by atoms with E-state index >= 15 is 0 Å². The second-order valence-electron chi connectivity index (χ2n) is 6.10. The zero-order valence-electron chi connectivity index (χ0n) is 14.8. The van der Waals surface area contributed by atoms with Crippen molar-refractivity contribution >= 4 is 51.2 Å². The largest absolute Gasteiger partial charge is 0.399 e.